The number of aryl methyl sites for hydroxylation is 1. The van der Waals surface area contributed by atoms with Gasteiger partial charge in [-0.2, -0.15) is 0 Å². The van der Waals surface area contributed by atoms with Crippen molar-refractivity contribution >= 4 is 23.5 Å². The van der Waals surface area contributed by atoms with Crippen LogP contribution in [-0.4, -0.2) is 43.5 Å². The Morgan fingerprint density at radius 2 is 1.83 bits per heavy atom. The molecule has 156 valence electrons. The highest BCUT2D eigenvalue weighted by molar-refractivity contribution is 6.10. The summed E-state index contributed by atoms with van der Waals surface area (Å²) in [6, 6.07) is 12.0. The number of ether oxygens (including phenoxy) is 2. The second kappa shape index (κ2) is 7.70. The summed E-state index contributed by atoms with van der Waals surface area (Å²) < 4.78 is 10.4. The lowest BCUT2D eigenvalue weighted by atomic mass is 9.76. The average Bonchev–Trinajstić information content (AvgIpc) is 2.98. The zero-order valence-corrected chi connectivity index (χ0v) is 16.9. The highest BCUT2D eigenvalue weighted by Crippen LogP contribution is 2.39. The zero-order chi connectivity index (χ0) is 21.3. The number of carbonyl (C=O) groups is 3. The van der Waals surface area contributed by atoms with Crippen LogP contribution in [0.15, 0.2) is 42.5 Å². The van der Waals surface area contributed by atoms with Gasteiger partial charge in [0.15, 0.2) is 0 Å². The minimum Gasteiger partial charge on any atom is -0.497 e. The molecule has 30 heavy (non-hydrogen) atoms. The SMILES string of the molecule is COc1cc(NC(=O)CN2C(=O)N[C@]3(CCCc4ccccc43)C2=O)cc(OC)c1. The third kappa shape index (κ3) is 3.34. The van der Waals surface area contributed by atoms with Gasteiger partial charge >= 0.3 is 6.03 Å². The third-order valence-corrected chi connectivity index (χ3v) is 5.59. The Bertz CT molecular complexity index is 999. The zero-order valence-electron chi connectivity index (χ0n) is 16.9. The van der Waals surface area contributed by atoms with Gasteiger partial charge in [0.25, 0.3) is 5.91 Å². The van der Waals surface area contributed by atoms with Crippen molar-refractivity contribution in [1.82, 2.24) is 10.2 Å². The number of amides is 4. The second-order valence-electron chi connectivity index (χ2n) is 7.39. The summed E-state index contributed by atoms with van der Waals surface area (Å²) in [7, 11) is 3.02. The van der Waals surface area contributed by atoms with Gasteiger partial charge in [-0.15, -0.1) is 0 Å². The van der Waals surface area contributed by atoms with Crippen LogP contribution < -0.4 is 20.1 Å². The molecule has 0 bridgehead atoms. The van der Waals surface area contributed by atoms with Gasteiger partial charge in [-0.25, -0.2) is 4.79 Å². The molecule has 2 aliphatic rings. The fraction of sp³-hybridized carbons (Fsp3) is 0.318. The monoisotopic (exact) mass is 409 g/mol. The van der Waals surface area contributed by atoms with E-state index in [4.69, 9.17) is 9.47 Å². The van der Waals surface area contributed by atoms with Crippen molar-refractivity contribution in [1.29, 1.82) is 0 Å². The standard InChI is InChI=1S/C22H23N3O5/c1-29-16-10-15(11-17(12-16)30-2)23-19(26)13-25-20(27)22(24-21(25)28)9-5-7-14-6-3-4-8-18(14)22/h3-4,6,8,10-12H,5,7,9,13H2,1-2H3,(H,23,26)(H,24,28)/t22-/m0/s1. The van der Waals surface area contributed by atoms with Crippen molar-refractivity contribution in [3.8, 4) is 11.5 Å². The molecule has 1 aliphatic heterocycles. The Hall–Kier alpha value is -3.55. The topological polar surface area (TPSA) is 97.0 Å². The van der Waals surface area contributed by atoms with Crippen LogP contribution >= 0.6 is 0 Å². The van der Waals surface area contributed by atoms with Crippen molar-refractivity contribution in [2.75, 3.05) is 26.1 Å². The van der Waals surface area contributed by atoms with E-state index in [9.17, 15) is 14.4 Å². The minimum absolute atomic E-state index is 0.381. The molecule has 2 N–H and O–H groups in total. The van der Waals surface area contributed by atoms with Gasteiger partial charge in [0.05, 0.1) is 14.2 Å². The van der Waals surface area contributed by atoms with Crippen LogP contribution in [-0.2, 0) is 21.5 Å². The largest absolute Gasteiger partial charge is 0.497 e. The van der Waals surface area contributed by atoms with Crippen LogP contribution in [0.25, 0.3) is 0 Å². The molecule has 0 radical (unpaired) electrons. The summed E-state index contributed by atoms with van der Waals surface area (Å²) in [5, 5.41) is 5.55. The fourth-order valence-corrected chi connectivity index (χ4v) is 4.18. The maximum atomic E-state index is 13.3. The van der Waals surface area contributed by atoms with E-state index in [1.54, 1.807) is 18.2 Å². The van der Waals surface area contributed by atoms with Crippen molar-refractivity contribution in [3.63, 3.8) is 0 Å². The summed E-state index contributed by atoms with van der Waals surface area (Å²) in [6.45, 7) is -0.381. The van der Waals surface area contributed by atoms with E-state index in [2.05, 4.69) is 10.6 Å². The van der Waals surface area contributed by atoms with E-state index in [0.717, 1.165) is 28.9 Å². The Balaban J connectivity index is 1.53. The molecule has 1 atom stereocenters. The number of hydrogen-bond acceptors (Lipinski definition) is 5. The smallest absolute Gasteiger partial charge is 0.325 e. The first kappa shape index (κ1) is 19.8. The molecule has 8 nitrogen and oxygen atoms in total. The van der Waals surface area contributed by atoms with E-state index in [-0.39, 0.29) is 6.54 Å². The van der Waals surface area contributed by atoms with Gasteiger partial charge in [0, 0.05) is 23.9 Å². The Morgan fingerprint density at radius 3 is 2.53 bits per heavy atom. The molecular formula is C22H23N3O5. The highest BCUT2D eigenvalue weighted by Gasteiger charge is 2.54. The molecule has 2 aromatic rings. The molecule has 1 saturated heterocycles. The lowest BCUT2D eigenvalue weighted by Crippen LogP contribution is -2.47. The van der Waals surface area contributed by atoms with E-state index < -0.39 is 23.4 Å². The number of anilines is 1. The van der Waals surface area contributed by atoms with E-state index in [1.807, 2.05) is 24.3 Å². The molecule has 1 heterocycles. The third-order valence-electron chi connectivity index (χ3n) is 5.59. The molecule has 2 aromatic carbocycles. The molecule has 4 rings (SSSR count). The van der Waals surface area contributed by atoms with E-state index >= 15 is 0 Å². The number of nitrogens with one attached hydrogen (secondary N) is 2. The molecular weight excluding hydrogens is 386 g/mol. The second-order valence-corrected chi connectivity index (χ2v) is 7.39. The Morgan fingerprint density at radius 1 is 1.13 bits per heavy atom. The first-order valence-corrected chi connectivity index (χ1v) is 9.72. The number of methoxy groups -OCH3 is 2. The summed E-state index contributed by atoms with van der Waals surface area (Å²) in [5.74, 6) is 0.141. The van der Waals surface area contributed by atoms with Crippen LogP contribution in [0.5, 0.6) is 11.5 Å². The number of fused-ring (bicyclic) bond motifs is 2. The van der Waals surface area contributed by atoms with Crippen LogP contribution in [0, 0.1) is 0 Å². The summed E-state index contributed by atoms with van der Waals surface area (Å²) in [4.78, 5) is 39.5. The average molecular weight is 409 g/mol. The predicted octanol–water partition coefficient (Wildman–Crippen LogP) is 2.43. The van der Waals surface area contributed by atoms with Crippen molar-refractivity contribution in [2.24, 2.45) is 0 Å². The van der Waals surface area contributed by atoms with E-state index in [0.29, 0.717) is 23.6 Å². The lowest BCUT2D eigenvalue weighted by molar-refractivity contribution is -0.134. The normalized spacial score (nSPS) is 20.0. The number of urea groups is 1. The van der Waals surface area contributed by atoms with Crippen LogP contribution in [0.3, 0.4) is 0 Å². The number of benzene rings is 2. The number of imide groups is 1. The summed E-state index contributed by atoms with van der Waals surface area (Å²) in [5.41, 5.74) is 1.22. The summed E-state index contributed by atoms with van der Waals surface area (Å²) in [6.07, 6.45) is 2.16. The number of rotatable bonds is 5. The first-order chi connectivity index (χ1) is 14.5. The summed E-state index contributed by atoms with van der Waals surface area (Å²) >= 11 is 0. The van der Waals surface area contributed by atoms with Gasteiger partial charge in [-0.05, 0) is 30.4 Å². The molecule has 0 saturated carbocycles. The molecule has 1 spiro atoms. The molecule has 0 unspecified atom stereocenters. The maximum Gasteiger partial charge on any atom is 0.325 e. The molecule has 1 aliphatic carbocycles. The van der Waals surface area contributed by atoms with Crippen molar-refractivity contribution in [3.05, 3.63) is 53.6 Å². The van der Waals surface area contributed by atoms with Gasteiger partial charge in [0.1, 0.15) is 23.6 Å². The van der Waals surface area contributed by atoms with Crippen LogP contribution in [0.2, 0.25) is 0 Å². The fourth-order valence-electron chi connectivity index (χ4n) is 4.18. The van der Waals surface area contributed by atoms with Gasteiger partial charge < -0.3 is 20.1 Å². The quantitative estimate of drug-likeness (QED) is 0.740. The van der Waals surface area contributed by atoms with Gasteiger partial charge in [0.2, 0.25) is 5.91 Å². The molecule has 8 heteroatoms. The maximum absolute atomic E-state index is 13.3. The number of hydrogen-bond donors (Lipinski definition) is 2. The molecule has 1 fully saturated rings. The Labute approximate surface area is 174 Å². The molecule has 4 amide bonds. The van der Waals surface area contributed by atoms with Crippen LogP contribution in [0.1, 0.15) is 24.0 Å². The van der Waals surface area contributed by atoms with Gasteiger partial charge in [-0.1, -0.05) is 24.3 Å². The van der Waals surface area contributed by atoms with Gasteiger partial charge in [-0.3, -0.25) is 14.5 Å². The van der Waals surface area contributed by atoms with Crippen molar-refractivity contribution < 1.29 is 23.9 Å². The first-order valence-electron chi connectivity index (χ1n) is 9.72. The highest BCUT2D eigenvalue weighted by atomic mass is 16.5. The van der Waals surface area contributed by atoms with E-state index in [1.165, 1.54) is 14.2 Å². The lowest BCUT2D eigenvalue weighted by Gasteiger charge is -2.33. The number of nitrogens with zero attached hydrogens (tertiary/aromatic N) is 1. The number of carbonyl (C=O) groups excluding carboxylic acids is 3. The minimum atomic E-state index is -1.09. The predicted molar refractivity (Wildman–Crippen MR) is 109 cm³/mol. The van der Waals surface area contributed by atoms with Crippen LogP contribution in [0.4, 0.5) is 10.5 Å². The molecule has 0 aromatic heterocycles. The van der Waals surface area contributed by atoms with Crippen molar-refractivity contribution in [2.45, 2.75) is 24.8 Å². The Kier molecular flexibility index (Phi) is 5.07.